The molecule has 0 radical (unpaired) electrons. The van der Waals surface area contributed by atoms with E-state index < -0.39 is 0 Å². The number of carbonyl (C=O) groups excluding carboxylic acids is 1. The molecule has 0 spiro atoms. The van der Waals surface area contributed by atoms with Crippen molar-refractivity contribution in [2.75, 3.05) is 26.2 Å². The molecule has 4 nitrogen and oxygen atoms in total. The summed E-state index contributed by atoms with van der Waals surface area (Å²) in [6.07, 6.45) is 5.13. The molecule has 18 heavy (non-hydrogen) atoms. The van der Waals surface area contributed by atoms with Crippen molar-refractivity contribution in [1.82, 2.24) is 10.2 Å². The van der Waals surface area contributed by atoms with Crippen LogP contribution in [0.2, 0.25) is 0 Å². The van der Waals surface area contributed by atoms with Crippen LogP contribution in [0.1, 0.15) is 39.5 Å². The van der Waals surface area contributed by atoms with Crippen LogP contribution in [-0.2, 0) is 9.53 Å². The molecule has 0 amide bonds. The zero-order chi connectivity index (χ0) is 13.0. The van der Waals surface area contributed by atoms with E-state index >= 15 is 0 Å². The van der Waals surface area contributed by atoms with Crippen molar-refractivity contribution in [2.24, 2.45) is 5.92 Å². The van der Waals surface area contributed by atoms with Gasteiger partial charge in [-0.3, -0.25) is 9.69 Å². The Bertz CT molecular complexity index is 269. The van der Waals surface area contributed by atoms with Gasteiger partial charge in [0.25, 0.3) is 0 Å². The molecule has 0 aromatic carbocycles. The Morgan fingerprint density at radius 2 is 1.94 bits per heavy atom. The van der Waals surface area contributed by atoms with Crippen LogP contribution in [0.25, 0.3) is 0 Å². The van der Waals surface area contributed by atoms with Crippen LogP contribution in [0.15, 0.2) is 0 Å². The van der Waals surface area contributed by atoms with Crippen molar-refractivity contribution in [3.8, 4) is 0 Å². The second-order valence-corrected chi connectivity index (χ2v) is 5.94. The first-order valence-corrected chi connectivity index (χ1v) is 7.28. The van der Waals surface area contributed by atoms with Crippen LogP contribution in [0, 0.1) is 5.92 Å². The fourth-order valence-electron chi connectivity index (χ4n) is 2.45. The van der Waals surface area contributed by atoms with E-state index in [1.807, 2.05) is 13.8 Å². The lowest BCUT2D eigenvalue weighted by Crippen LogP contribution is -2.40. The summed E-state index contributed by atoms with van der Waals surface area (Å²) in [5, 5.41) is 3.60. The molecule has 1 N–H and O–H groups in total. The molecule has 1 saturated heterocycles. The molecule has 0 unspecified atom stereocenters. The molecule has 0 aromatic rings. The molecular weight excluding hydrogens is 228 g/mol. The van der Waals surface area contributed by atoms with Crippen LogP contribution < -0.4 is 5.32 Å². The highest BCUT2D eigenvalue weighted by atomic mass is 16.5. The quantitative estimate of drug-likeness (QED) is 0.728. The molecule has 0 bridgehead atoms. The van der Waals surface area contributed by atoms with Gasteiger partial charge < -0.3 is 10.1 Å². The third-order valence-corrected chi connectivity index (χ3v) is 3.70. The summed E-state index contributed by atoms with van der Waals surface area (Å²) >= 11 is 0. The first-order chi connectivity index (χ1) is 8.63. The third-order valence-electron chi connectivity index (χ3n) is 3.70. The molecule has 1 aliphatic heterocycles. The van der Waals surface area contributed by atoms with Crippen molar-refractivity contribution in [3.05, 3.63) is 0 Å². The molecule has 0 atom stereocenters. The van der Waals surface area contributed by atoms with Crippen molar-refractivity contribution < 1.29 is 9.53 Å². The van der Waals surface area contributed by atoms with Gasteiger partial charge in [0, 0.05) is 6.04 Å². The number of hydrogen-bond donors (Lipinski definition) is 1. The number of esters is 1. The van der Waals surface area contributed by atoms with Gasteiger partial charge in [0.1, 0.15) is 0 Å². The summed E-state index contributed by atoms with van der Waals surface area (Å²) in [6.45, 7) is 7.48. The maximum atomic E-state index is 11.6. The molecule has 1 aliphatic carbocycles. The summed E-state index contributed by atoms with van der Waals surface area (Å²) in [6, 6.07) is 0.809. The average Bonchev–Trinajstić information content (AvgIpc) is 3.11. The molecule has 2 aliphatic rings. The number of nitrogens with one attached hydrogen (secondary N) is 1. The Labute approximate surface area is 110 Å². The van der Waals surface area contributed by atoms with Crippen molar-refractivity contribution in [1.29, 1.82) is 0 Å². The molecule has 2 fully saturated rings. The first kappa shape index (κ1) is 13.8. The van der Waals surface area contributed by atoms with Crippen molar-refractivity contribution in [3.63, 3.8) is 0 Å². The maximum absolute atomic E-state index is 11.6. The molecule has 0 aromatic heterocycles. The number of nitrogens with zero attached hydrogens (tertiary/aromatic N) is 1. The molecule has 104 valence electrons. The fourth-order valence-corrected chi connectivity index (χ4v) is 2.45. The van der Waals surface area contributed by atoms with Gasteiger partial charge in [0.2, 0.25) is 0 Å². The largest absolute Gasteiger partial charge is 0.462 e. The van der Waals surface area contributed by atoms with E-state index in [-0.39, 0.29) is 12.1 Å². The van der Waals surface area contributed by atoms with Crippen LogP contribution in [0.4, 0.5) is 0 Å². The Kier molecular flexibility index (Phi) is 5.01. The summed E-state index contributed by atoms with van der Waals surface area (Å²) in [7, 11) is 0. The molecule has 1 saturated carbocycles. The van der Waals surface area contributed by atoms with Crippen molar-refractivity contribution >= 4 is 5.97 Å². The Morgan fingerprint density at radius 1 is 1.28 bits per heavy atom. The van der Waals surface area contributed by atoms with E-state index in [1.165, 1.54) is 25.7 Å². The SMILES string of the molecule is CC(C)OC(=O)CN1CCC(CNC2CC2)CC1. The van der Waals surface area contributed by atoms with Gasteiger partial charge in [-0.05, 0) is 65.1 Å². The van der Waals surface area contributed by atoms with E-state index in [2.05, 4.69) is 10.2 Å². The summed E-state index contributed by atoms with van der Waals surface area (Å²) < 4.78 is 5.17. The molecule has 4 heteroatoms. The van der Waals surface area contributed by atoms with Crippen LogP contribution in [0.3, 0.4) is 0 Å². The minimum atomic E-state index is -0.0837. The lowest BCUT2D eigenvalue weighted by molar-refractivity contribution is -0.149. The number of rotatable bonds is 6. The molecule has 1 heterocycles. The van der Waals surface area contributed by atoms with E-state index in [0.29, 0.717) is 6.54 Å². The zero-order valence-electron chi connectivity index (χ0n) is 11.7. The number of piperidine rings is 1. The number of ether oxygens (including phenoxy) is 1. The zero-order valence-corrected chi connectivity index (χ0v) is 11.7. The number of likely N-dealkylation sites (tertiary alicyclic amines) is 1. The van der Waals surface area contributed by atoms with Crippen LogP contribution in [-0.4, -0.2) is 49.2 Å². The highest BCUT2D eigenvalue weighted by Gasteiger charge is 2.25. The van der Waals surface area contributed by atoms with Crippen LogP contribution in [0.5, 0.6) is 0 Å². The lowest BCUT2D eigenvalue weighted by Gasteiger charge is -2.31. The van der Waals surface area contributed by atoms with Gasteiger partial charge in [0.05, 0.1) is 12.6 Å². The van der Waals surface area contributed by atoms with Gasteiger partial charge >= 0.3 is 5.97 Å². The van der Waals surface area contributed by atoms with Gasteiger partial charge in [-0.1, -0.05) is 0 Å². The second-order valence-electron chi connectivity index (χ2n) is 5.94. The van der Waals surface area contributed by atoms with Gasteiger partial charge in [-0.15, -0.1) is 0 Å². The normalized spacial score (nSPS) is 22.4. The Morgan fingerprint density at radius 3 is 2.50 bits per heavy atom. The minimum Gasteiger partial charge on any atom is -0.462 e. The molecular formula is C14H26N2O2. The monoisotopic (exact) mass is 254 g/mol. The Hall–Kier alpha value is -0.610. The second kappa shape index (κ2) is 6.53. The third kappa shape index (κ3) is 4.94. The number of carbonyl (C=O) groups is 1. The van der Waals surface area contributed by atoms with Gasteiger partial charge in [-0.25, -0.2) is 0 Å². The number of hydrogen-bond acceptors (Lipinski definition) is 4. The van der Waals surface area contributed by atoms with Gasteiger partial charge in [-0.2, -0.15) is 0 Å². The Balaban J connectivity index is 1.58. The van der Waals surface area contributed by atoms with E-state index in [9.17, 15) is 4.79 Å². The fraction of sp³-hybridized carbons (Fsp3) is 0.929. The predicted octanol–water partition coefficient (Wildman–Crippen LogP) is 1.40. The maximum Gasteiger partial charge on any atom is 0.320 e. The van der Waals surface area contributed by atoms with E-state index in [0.717, 1.165) is 31.6 Å². The van der Waals surface area contributed by atoms with Crippen molar-refractivity contribution in [2.45, 2.75) is 51.7 Å². The first-order valence-electron chi connectivity index (χ1n) is 7.28. The summed E-state index contributed by atoms with van der Waals surface area (Å²) in [4.78, 5) is 13.8. The topological polar surface area (TPSA) is 41.6 Å². The minimum absolute atomic E-state index is 0.00205. The standard InChI is InChI=1S/C14H26N2O2/c1-11(2)18-14(17)10-16-7-5-12(6-8-16)9-15-13-3-4-13/h11-13,15H,3-10H2,1-2H3. The smallest absolute Gasteiger partial charge is 0.320 e. The lowest BCUT2D eigenvalue weighted by atomic mass is 9.97. The highest BCUT2D eigenvalue weighted by molar-refractivity contribution is 5.71. The predicted molar refractivity (Wildman–Crippen MR) is 71.4 cm³/mol. The molecule has 2 rings (SSSR count). The van der Waals surface area contributed by atoms with Crippen LogP contribution >= 0.6 is 0 Å². The van der Waals surface area contributed by atoms with E-state index in [4.69, 9.17) is 4.74 Å². The summed E-state index contributed by atoms with van der Waals surface area (Å²) in [5.74, 6) is 0.711. The summed E-state index contributed by atoms with van der Waals surface area (Å²) in [5.41, 5.74) is 0. The van der Waals surface area contributed by atoms with E-state index in [1.54, 1.807) is 0 Å². The average molecular weight is 254 g/mol. The van der Waals surface area contributed by atoms with Gasteiger partial charge in [0.15, 0.2) is 0 Å². The highest BCUT2D eigenvalue weighted by Crippen LogP contribution is 2.21.